The molecule has 1 aromatic heterocycles. The molecule has 3 heterocycles. The lowest BCUT2D eigenvalue weighted by molar-refractivity contribution is -0.138. The van der Waals surface area contributed by atoms with Crippen LogP contribution in [0, 0.1) is 23.2 Å². The molecule has 2 aliphatic rings. The molecule has 1 aromatic carbocycles. The third-order valence-electron chi connectivity index (χ3n) is 7.25. The molecule has 0 radical (unpaired) electrons. The smallest absolute Gasteiger partial charge is 0.259 e. The second-order valence-corrected chi connectivity index (χ2v) is 10.00. The van der Waals surface area contributed by atoms with Gasteiger partial charge in [-0.15, -0.1) is 0 Å². The second-order valence-electron chi connectivity index (χ2n) is 10.00. The Morgan fingerprint density at radius 1 is 1.30 bits per heavy atom. The molecule has 4 rings (SSSR count). The summed E-state index contributed by atoms with van der Waals surface area (Å²) in [5.74, 6) is -0.196. The molecule has 0 unspecified atom stereocenters. The maximum atomic E-state index is 13.7. The number of likely N-dealkylation sites (N-methyl/N-ethyl adjacent to an activating group) is 1. The molecule has 1 fully saturated rings. The molecule has 37 heavy (non-hydrogen) atoms. The van der Waals surface area contributed by atoms with Gasteiger partial charge in [0.05, 0.1) is 30.8 Å². The Balaban J connectivity index is 1.66. The fraction of sp³-hybridized carbons (Fsp3) is 0.500. The van der Waals surface area contributed by atoms with Gasteiger partial charge in [-0.1, -0.05) is 19.1 Å². The van der Waals surface area contributed by atoms with Crippen LogP contribution in [0.1, 0.15) is 42.6 Å². The number of fused-ring (bicyclic) bond motifs is 1. The predicted octanol–water partition coefficient (Wildman–Crippen LogP) is 2.73. The number of pyridine rings is 1. The van der Waals surface area contributed by atoms with Crippen molar-refractivity contribution in [2.24, 2.45) is 11.8 Å². The van der Waals surface area contributed by atoms with Gasteiger partial charge in [-0.25, -0.2) is 4.98 Å². The van der Waals surface area contributed by atoms with Gasteiger partial charge in [0.1, 0.15) is 11.7 Å². The van der Waals surface area contributed by atoms with Crippen molar-refractivity contribution in [3.63, 3.8) is 0 Å². The third kappa shape index (κ3) is 5.92. The minimum absolute atomic E-state index is 0.0627. The molecule has 3 atom stereocenters. The Bertz CT molecular complexity index is 1170. The Labute approximate surface area is 217 Å². The van der Waals surface area contributed by atoms with Crippen molar-refractivity contribution in [3.8, 4) is 23.1 Å². The van der Waals surface area contributed by atoms with Crippen LogP contribution in [-0.4, -0.2) is 83.8 Å². The highest BCUT2D eigenvalue weighted by molar-refractivity contribution is 5.98. The second kappa shape index (κ2) is 11.7. The van der Waals surface area contributed by atoms with Crippen LogP contribution >= 0.6 is 0 Å². The predicted molar refractivity (Wildman–Crippen MR) is 137 cm³/mol. The van der Waals surface area contributed by atoms with E-state index in [-0.39, 0.29) is 41.7 Å². The van der Waals surface area contributed by atoms with E-state index in [9.17, 15) is 20.0 Å². The Kier molecular flexibility index (Phi) is 8.41. The van der Waals surface area contributed by atoms with Gasteiger partial charge in [0.15, 0.2) is 0 Å². The summed E-state index contributed by atoms with van der Waals surface area (Å²) in [5, 5.41) is 19.2. The average Bonchev–Trinajstić information content (AvgIpc) is 2.94. The fourth-order valence-electron chi connectivity index (χ4n) is 4.86. The monoisotopic (exact) mass is 506 g/mol. The highest BCUT2D eigenvalue weighted by Crippen LogP contribution is 2.31. The lowest BCUT2D eigenvalue weighted by Gasteiger charge is -2.38. The third-order valence-corrected chi connectivity index (χ3v) is 7.25. The molecule has 2 aliphatic heterocycles. The van der Waals surface area contributed by atoms with Gasteiger partial charge < -0.3 is 24.4 Å². The summed E-state index contributed by atoms with van der Waals surface area (Å²) < 4.78 is 11.7. The lowest BCUT2D eigenvalue weighted by Crippen LogP contribution is -2.51. The molecule has 0 saturated carbocycles. The molecule has 1 saturated heterocycles. The van der Waals surface area contributed by atoms with Gasteiger partial charge in [0.25, 0.3) is 5.91 Å². The molecule has 2 aromatic rings. The zero-order valence-electron chi connectivity index (χ0n) is 21.6. The minimum atomic E-state index is -0.409. The van der Waals surface area contributed by atoms with Crippen molar-refractivity contribution in [2.75, 3.05) is 40.0 Å². The van der Waals surface area contributed by atoms with Crippen molar-refractivity contribution in [2.45, 2.75) is 38.8 Å². The molecular formula is C28H34N4O5. The fourth-order valence-corrected chi connectivity index (χ4v) is 4.86. The number of benzene rings is 1. The number of aromatic nitrogens is 1. The van der Waals surface area contributed by atoms with Crippen molar-refractivity contribution in [3.05, 3.63) is 47.7 Å². The van der Waals surface area contributed by atoms with Gasteiger partial charge >= 0.3 is 0 Å². The first kappa shape index (κ1) is 26.6. The summed E-state index contributed by atoms with van der Waals surface area (Å²) in [6.07, 6.45) is 2.64. The van der Waals surface area contributed by atoms with E-state index >= 15 is 0 Å². The van der Waals surface area contributed by atoms with E-state index in [0.29, 0.717) is 50.3 Å². The number of nitriles is 1. The molecule has 196 valence electrons. The van der Waals surface area contributed by atoms with Crippen molar-refractivity contribution >= 4 is 11.8 Å². The zero-order valence-corrected chi connectivity index (χ0v) is 21.6. The van der Waals surface area contributed by atoms with E-state index in [1.807, 2.05) is 13.0 Å². The largest absolute Gasteiger partial charge is 0.472 e. The number of hydrogen-bond donors (Lipinski definition) is 1. The van der Waals surface area contributed by atoms with Gasteiger partial charge in [0.2, 0.25) is 11.8 Å². The van der Waals surface area contributed by atoms with Crippen LogP contribution < -0.4 is 4.74 Å². The molecule has 0 spiro atoms. The van der Waals surface area contributed by atoms with Crippen LogP contribution in [0.2, 0.25) is 0 Å². The molecule has 2 amide bonds. The Morgan fingerprint density at radius 2 is 2.05 bits per heavy atom. The van der Waals surface area contributed by atoms with Crippen LogP contribution in [0.3, 0.4) is 0 Å². The molecule has 1 N–H and O–H groups in total. The topological polar surface area (TPSA) is 116 Å². The lowest BCUT2D eigenvalue weighted by atomic mass is 9.96. The first-order chi connectivity index (χ1) is 17.8. The van der Waals surface area contributed by atoms with Crippen LogP contribution in [0.5, 0.6) is 5.88 Å². The summed E-state index contributed by atoms with van der Waals surface area (Å²) in [6, 6.07) is 10.5. The van der Waals surface area contributed by atoms with Crippen LogP contribution in [0.25, 0.3) is 11.1 Å². The van der Waals surface area contributed by atoms with Crippen molar-refractivity contribution in [1.29, 1.82) is 5.26 Å². The highest BCUT2D eigenvalue weighted by atomic mass is 16.5. The van der Waals surface area contributed by atoms with Gasteiger partial charge in [-0.3, -0.25) is 9.59 Å². The molecule has 0 aliphatic carbocycles. The van der Waals surface area contributed by atoms with E-state index in [1.54, 1.807) is 54.2 Å². The first-order valence-electron chi connectivity index (χ1n) is 12.7. The van der Waals surface area contributed by atoms with Gasteiger partial charge in [0, 0.05) is 50.4 Å². The van der Waals surface area contributed by atoms with Crippen LogP contribution in [-0.2, 0) is 9.53 Å². The summed E-state index contributed by atoms with van der Waals surface area (Å²) >= 11 is 0. The van der Waals surface area contributed by atoms with Crippen molar-refractivity contribution in [1.82, 2.24) is 14.8 Å². The number of aliphatic hydroxyl groups is 1. The Hall–Kier alpha value is -3.48. The maximum absolute atomic E-state index is 13.7. The average molecular weight is 507 g/mol. The van der Waals surface area contributed by atoms with E-state index in [1.165, 1.54) is 0 Å². The van der Waals surface area contributed by atoms with E-state index < -0.39 is 12.1 Å². The number of carbonyl (C=O) groups excluding carboxylic acids is 2. The number of amides is 2. The minimum Gasteiger partial charge on any atom is -0.472 e. The highest BCUT2D eigenvalue weighted by Gasteiger charge is 2.35. The van der Waals surface area contributed by atoms with Crippen molar-refractivity contribution < 1.29 is 24.2 Å². The summed E-state index contributed by atoms with van der Waals surface area (Å²) in [5.41, 5.74) is 2.24. The van der Waals surface area contributed by atoms with Crippen LogP contribution in [0.4, 0.5) is 0 Å². The number of rotatable bonds is 6. The van der Waals surface area contributed by atoms with E-state index in [0.717, 1.165) is 5.56 Å². The first-order valence-corrected chi connectivity index (χ1v) is 12.7. The summed E-state index contributed by atoms with van der Waals surface area (Å²) in [7, 11) is 1.78. The van der Waals surface area contributed by atoms with E-state index in [4.69, 9.17) is 9.47 Å². The SMILES string of the molecule is C[C@H](CO)N1C[C@H](C)[C@H](CN(C)C(=O)C2CCOCC2)Oc2ncc(-c3cccc(C#N)c3)cc2C1=O. The summed E-state index contributed by atoms with van der Waals surface area (Å²) in [4.78, 5) is 34.6. The quantitative estimate of drug-likeness (QED) is 0.640. The molecular weight excluding hydrogens is 472 g/mol. The van der Waals surface area contributed by atoms with Gasteiger partial charge in [-0.2, -0.15) is 5.26 Å². The van der Waals surface area contributed by atoms with E-state index in [2.05, 4.69) is 11.1 Å². The molecule has 9 nitrogen and oxygen atoms in total. The zero-order chi connectivity index (χ0) is 26.5. The number of ether oxygens (including phenoxy) is 2. The maximum Gasteiger partial charge on any atom is 0.259 e. The molecule has 0 bridgehead atoms. The molecule has 9 heteroatoms. The van der Waals surface area contributed by atoms with Gasteiger partial charge in [-0.05, 0) is 43.5 Å². The standard InChI is InChI=1S/C28H34N4O5/c1-18-15-32(19(2)17-33)28(35)24-12-23(22-6-4-5-20(11-22)13-29)14-30-26(24)37-25(18)16-31(3)27(34)21-7-9-36-10-8-21/h4-6,11-12,14,18-19,21,25,33H,7-10,15-17H2,1-3H3/t18-,19+,25-/m0/s1. The number of carbonyl (C=O) groups is 2. The number of hydrogen-bond acceptors (Lipinski definition) is 7. The Morgan fingerprint density at radius 3 is 2.76 bits per heavy atom. The normalized spacial score (nSPS) is 21.2. The number of aliphatic hydroxyl groups excluding tert-OH is 1. The summed E-state index contributed by atoms with van der Waals surface area (Å²) in [6.45, 7) is 5.49. The number of nitrogens with zero attached hydrogens (tertiary/aromatic N) is 4. The van der Waals surface area contributed by atoms with Crippen LogP contribution in [0.15, 0.2) is 36.5 Å².